The first kappa shape index (κ1) is 16.8. The van der Waals surface area contributed by atoms with E-state index < -0.39 is 15.9 Å². The number of carbonyl (C=O) groups is 1. The Morgan fingerprint density at radius 1 is 1.09 bits per heavy atom. The lowest BCUT2D eigenvalue weighted by Crippen LogP contribution is -2.26. The van der Waals surface area contributed by atoms with Gasteiger partial charge in [0.25, 0.3) is 15.9 Å². The fraction of sp³-hybridized carbons (Fsp3) is 0.188. The predicted octanol–water partition coefficient (Wildman–Crippen LogP) is 1.68. The molecule has 2 aromatic carbocycles. The van der Waals surface area contributed by atoms with E-state index in [4.69, 9.17) is 10.5 Å². The first-order valence-electron chi connectivity index (χ1n) is 6.87. The van der Waals surface area contributed by atoms with Gasteiger partial charge >= 0.3 is 0 Å². The summed E-state index contributed by atoms with van der Waals surface area (Å²) in [4.78, 5) is 10.9. The van der Waals surface area contributed by atoms with Gasteiger partial charge in [0.1, 0.15) is 5.75 Å². The van der Waals surface area contributed by atoms with Crippen LogP contribution in [0.1, 0.15) is 5.56 Å². The van der Waals surface area contributed by atoms with Gasteiger partial charge in [-0.3, -0.25) is 9.10 Å². The summed E-state index contributed by atoms with van der Waals surface area (Å²) in [5.74, 6) is -0.137. The van der Waals surface area contributed by atoms with Crippen molar-refractivity contribution in [2.45, 2.75) is 11.8 Å². The minimum absolute atomic E-state index is 0.222. The molecule has 0 radical (unpaired) electrons. The summed E-state index contributed by atoms with van der Waals surface area (Å²) in [5.41, 5.74) is 6.47. The molecule has 0 aliphatic carbocycles. The van der Waals surface area contributed by atoms with Crippen LogP contribution in [0.25, 0.3) is 0 Å². The van der Waals surface area contributed by atoms with Gasteiger partial charge in [-0.1, -0.05) is 17.7 Å². The smallest absolute Gasteiger partial charge is 0.264 e. The Labute approximate surface area is 135 Å². The highest BCUT2D eigenvalue weighted by molar-refractivity contribution is 7.92. The largest absolute Gasteiger partial charge is 0.484 e. The van der Waals surface area contributed by atoms with Crippen LogP contribution in [0.4, 0.5) is 5.69 Å². The van der Waals surface area contributed by atoms with Crippen molar-refractivity contribution in [3.63, 3.8) is 0 Å². The number of aryl methyl sites for hydroxylation is 1. The Hall–Kier alpha value is -2.54. The zero-order valence-electron chi connectivity index (χ0n) is 12.9. The number of primary amides is 1. The van der Waals surface area contributed by atoms with Crippen molar-refractivity contribution in [2.24, 2.45) is 5.73 Å². The lowest BCUT2D eigenvalue weighted by molar-refractivity contribution is -0.119. The van der Waals surface area contributed by atoms with E-state index in [1.54, 1.807) is 48.5 Å². The van der Waals surface area contributed by atoms with Crippen LogP contribution in [0.2, 0.25) is 0 Å². The standard InChI is InChI=1S/C16H18N2O4S/c1-12-3-9-15(10-4-12)23(20,21)18(2)13-5-7-14(8-6-13)22-11-16(17)19/h3-10H,11H2,1-2H3,(H2,17,19). The lowest BCUT2D eigenvalue weighted by atomic mass is 10.2. The van der Waals surface area contributed by atoms with Gasteiger partial charge < -0.3 is 10.5 Å². The number of sulfonamides is 1. The molecule has 0 aromatic heterocycles. The van der Waals surface area contributed by atoms with Gasteiger partial charge in [0.15, 0.2) is 6.61 Å². The summed E-state index contributed by atoms with van der Waals surface area (Å²) >= 11 is 0. The maximum absolute atomic E-state index is 12.6. The zero-order valence-corrected chi connectivity index (χ0v) is 13.7. The van der Waals surface area contributed by atoms with Crippen molar-refractivity contribution in [3.05, 3.63) is 54.1 Å². The molecule has 0 fully saturated rings. The maximum atomic E-state index is 12.6. The van der Waals surface area contributed by atoms with Crippen LogP contribution in [0.3, 0.4) is 0 Å². The molecular weight excluding hydrogens is 316 g/mol. The average Bonchev–Trinajstić information content (AvgIpc) is 2.53. The molecule has 2 rings (SSSR count). The highest BCUT2D eigenvalue weighted by Crippen LogP contribution is 2.24. The Bertz CT molecular complexity index is 784. The number of carbonyl (C=O) groups excluding carboxylic acids is 1. The van der Waals surface area contributed by atoms with E-state index in [0.717, 1.165) is 5.56 Å². The monoisotopic (exact) mass is 334 g/mol. The summed E-state index contributed by atoms with van der Waals surface area (Å²) in [6.45, 7) is 1.67. The summed E-state index contributed by atoms with van der Waals surface area (Å²) < 4.78 is 31.5. The highest BCUT2D eigenvalue weighted by Gasteiger charge is 2.21. The molecule has 23 heavy (non-hydrogen) atoms. The summed E-state index contributed by atoms with van der Waals surface area (Å²) in [6.07, 6.45) is 0. The second kappa shape index (κ2) is 6.70. The number of amides is 1. The molecule has 0 saturated heterocycles. The van der Waals surface area contributed by atoms with E-state index in [-0.39, 0.29) is 11.5 Å². The van der Waals surface area contributed by atoms with Crippen LogP contribution in [0.15, 0.2) is 53.4 Å². The molecular formula is C16H18N2O4S. The third kappa shape index (κ3) is 4.01. The van der Waals surface area contributed by atoms with Crippen molar-refractivity contribution in [1.82, 2.24) is 0 Å². The van der Waals surface area contributed by atoms with Crippen LogP contribution in [-0.4, -0.2) is 28.0 Å². The van der Waals surface area contributed by atoms with Crippen molar-refractivity contribution >= 4 is 21.6 Å². The van der Waals surface area contributed by atoms with Gasteiger partial charge in [-0.15, -0.1) is 0 Å². The van der Waals surface area contributed by atoms with Crippen molar-refractivity contribution in [2.75, 3.05) is 18.0 Å². The molecule has 0 heterocycles. The van der Waals surface area contributed by atoms with Crippen LogP contribution in [0.5, 0.6) is 5.75 Å². The molecule has 1 amide bonds. The van der Waals surface area contributed by atoms with E-state index >= 15 is 0 Å². The summed E-state index contributed by atoms with van der Waals surface area (Å²) in [7, 11) is -2.15. The molecule has 0 saturated carbocycles. The molecule has 0 aliphatic rings. The van der Waals surface area contributed by atoms with Crippen LogP contribution in [-0.2, 0) is 14.8 Å². The molecule has 2 N–H and O–H groups in total. The molecule has 122 valence electrons. The number of nitrogens with two attached hydrogens (primary N) is 1. The summed E-state index contributed by atoms with van der Waals surface area (Å²) in [6, 6.07) is 13.0. The first-order chi connectivity index (χ1) is 10.8. The number of ether oxygens (including phenoxy) is 1. The molecule has 0 atom stereocenters. The minimum atomic E-state index is -3.63. The van der Waals surface area contributed by atoms with Crippen LogP contribution >= 0.6 is 0 Å². The minimum Gasteiger partial charge on any atom is -0.484 e. The highest BCUT2D eigenvalue weighted by atomic mass is 32.2. The van der Waals surface area contributed by atoms with Gasteiger partial charge in [0.2, 0.25) is 0 Å². The fourth-order valence-corrected chi connectivity index (χ4v) is 3.11. The average molecular weight is 334 g/mol. The maximum Gasteiger partial charge on any atom is 0.264 e. The Balaban J connectivity index is 2.20. The molecule has 0 aliphatic heterocycles. The van der Waals surface area contributed by atoms with Gasteiger partial charge in [0, 0.05) is 7.05 Å². The topological polar surface area (TPSA) is 89.7 Å². The third-order valence-electron chi connectivity index (χ3n) is 3.26. The molecule has 7 heteroatoms. The Morgan fingerprint density at radius 2 is 1.65 bits per heavy atom. The van der Waals surface area contributed by atoms with Gasteiger partial charge in [-0.05, 0) is 43.3 Å². The van der Waals surface area contributed by atoms with Gasteiger partial charge in [-0.2, -0.15) is 0 Å². The van der Waals surface area contributed by atoms with E-state index in [2.05, 4.69) is 0 Å². The Morgan fingerprint density at radius 3 is 2.17 bits per heavy atom. The van der Waals surface area contributed by atoms with Crippen molar-refractivity contribution in [3.8, 4) is 5.75 Å². The number of hydrogen-bond donors (Lipinski definition) is 1. The van der Waals surface area contributed by atoms with Crippen molar-refractivity contribution in [1.29, 1.82) is 0 Å². The lowest BCUT2D eigenvalue weighted by Gasteiger charge is -2.20. The molecule has 0 unspecified atom stereocenters. The quantitative estimate of drug-likeness (QED) is 0.870. The number of benzene rings is 2. The van der Waals surface area contributed by atoms with Gasteiger partial charge in [0.05, 0.1) is 10.6 Å². The molecule has 2 aromatic rings. The normalized spacial score (nSPS) is 11.0. The van der Waals surface area contributed by atoms with Gasteiger partial charge in [-0.25, -0.2) is 8.42 Å². The first-order valence-corrected chi connectivity index (χ1v) is 8.31. The predicted molar refractivity (Wildman–Crippen MR) is 87.9 cm³/mol. The summed E-state index contributed by atoms with van der Waals surface area (Å²) in [5, 5.41) is 0. The van der Waals surface area contributed by atoms with E-state index in [0.29, 0.717) is 11.4 Å². The zero-order chi connectivity index (χ0) is 17.0. The third-order valence-corrected chi connectivity index (χ3v) is 5.06. The second-order valence-corrected chi connectivity index (χ2v) is 7.00. The number of nitrogens with zero attached hydrogens (tertiary/aromatic N) is 1. The second-order valence-electron chi connectivity index (χ2n) is 5.03. The Kier molecular flexibility index (Phi) is 4.90. The van der Waals surface area contributed by atoms with Crippen LogP contribution in [0, 0.1) is 6.92 Å². The van der Waals surface area contributed by atoms with E-state index in [1.807, 2.05) is 6.92 Å². The SMILES string of the molecule is Cc1ccc(S(=O)(=O)N(C)c2ccc(OCC(N)=O)cc2)cc1. The van der Waals surface area contributed by atoms with Crippen molar-refractivity contribution < 1.29 is 17.9 Å². The van der Waals surface area contributed by atoms with Crippen LogP contribution < -0.4 is 14.8 Å². The van der Waals surface area contributed by atoms with E-state index in [9.17, 15) is 13.2 Å². The number of rotatable bonds is 6. The number of hydrogen-bond acceptors (Lipinski definition) is 4. The molecule has 6 nitrogen and oxygen atoms in total. The fourth-order valence-electron chi connectivity index (χ4n) is 1.91. The molecule has 0 spiro atoms. The van der Waals surface area contributed by atoms with E-state index in [1.165, 1.54) is 11.4 Å². The molecule has 0 bridgehead atoms. The number of anilines is 1.